The maximum atomic E-state index is 8.84. The van der Waals surface area contributed by atoms with Gasteiger partial charge >= 0.3 is 0 Å². The van der Waals surface area contributed by atoms with Gasteiger partial charge in [0, 0.05) is 32.5 Å². The highest BCUT2D eigenvalue weighted by molar-refractivity contribution is 5.51. The minimum absolute atomic E-state index is 0.397. The molecule has 86 valence electrons. The van der Waals surface area contributed by atoms with E-state index in [9.17, 15) is 0 Å². The summed E-state index contributed by atoms with van der Waals surface area (Å²) in [4.78, 5) is 2.17. The second-order valence-electron chi connectivity index (χ2n) is 3.90. The van der Waals surface area contributed by atoms with Gasteiger partial charge in [-0.05, 0) is 31.5 Å². The summed E-state index contributed by atoms with van der Waals surface area (Å²) in [5.41, 5.74) is 1.77. The van der Waals surface area contributed by atoms with Crippen LogP contribution in [0.25, 0.3) is 0 Å². The normalized spacial score (nSPS) is 11.9. The van der Waals surface area contributed by atoms with E-state index in [4.69, 9.17) is 10.00 Å². The molecule has 1 unspecified atom stereocenters. The number of anilines is 1. The van der Waals surface area contributed by atoms with Crippen molar-refractivity contribution in [2.24, 2.45) is 0 Å². The Hall–Kier alpha value is -1.53. The number of nitriles is 1. The Kier molecular flexibility index (Phi) is 4.81. The molecule has 0 saturated heterocycles. The Morgan fingerprint density at radius 1 is 1.50 bits per heavy atom. The van der Waals surface area contributed by atoms with E-state index in [1.807, 2.05) is 31.3 Å². The van der Waals surface area contributed by atoms with Gasteiger partial charge in [0.25, 0.3) is 0 Å². The molecule has 0 bridgehead atoms. The summed E-state index contributed by atoms with van der Waals surface area (Å²) in [6, 6.07) is 10.2. The third-order valence-electron chi connectivity index (χ3n) is 2.78. The van der Waals surface area contributed by atoms with Crippen LogP contribution < -0.4 is 4.90 Å². The highest BCUT2D eigenvalue weighted by Gasteiger charge is 2.09. The van der Waals surface area contributed by atoms with Crippen molar-refractivity contribution in [3.63, 3.8) is 0 Å². The molecule has 0 spiro atoms. The Balaban J connectivity index is 2.71. The molecule has 1 aromatic rings. The summed E-state index contributed by atoms with van der Waals surface area (Å²) in [5.74, 6) is 0. The van der Waals surface area contributed by atoms with Crippen molar-refractivity contribution >= 4 is 5.69 Å². The predicted molar refractivity (Wildman–Crippen MR) is 65.5 cm³/mol. The van der Waals surface area contributed by atoms with Crippen LogP contribution in [0, 0.1) is 11.3 Å². The summed E-state index contributed by atoms with van der Waals surface area (Å²) in [6.45, 7) is 2.90. The lowest BCUT2D eigenvalue weighted by Crippen LogP contribution is -2.29. The van der Waals surface area contributed by atoms with E-state index < -0.39 is 0 Å². The molecule has 1 rings (SSSR count). The predicted octanol–water partition coefficient (Wildman–Crippen LogP) is 2.42. The molecular weight excluding hydrogens is 200 g/mol. The molecule has 0 saturated carbocycles. The van der Waals surface area contributed by atoms with E-state index in [1.165, 1.54) is 0 Å². The van der Waals surface area contributed by atoms with Crippen molar-refractivity contribution < 1.29 is 4.74 Å². The number of methoxy groups -OCH3 is 1. The number of ether oxygens (including phenoxy) is 1. The van der Waals surface area contributed by atoms with Gasteiger partial charge in [-0.1, -0.05) is 6.07 Å². The zero-order valence-corrected chi connectivity index (χ0v) is 10.1. The number of benzene rings is 1. The second kappa shape index (κ2) is 6.14. The largest absolute Gasteiger partial charge is 0.385 e. The van der Waals surface area contributed by atoms with Crippen LogP contribution in [-0.4, -0.2) is 26.8 Å². The van der Waals surface area contributed by atoms with Crippen LogP contribution in [0.5, 0.6) is 0 Å². The third-order valence-corrected chi connectivity index (χ3v) is 2.78. The van der Waals surface area contributed by atoms with E-state index in [0.717, 1.165) is 18.7 Å². The van der Waals surface area contributed by atoms with Gasteiger partial charge in [-0.25, -0.2) is 0 Å². The minimum Gasteiger partial charge on any atom is -0.385 e. The van der Waals surface area contributed by atoms with Crippen molar-refractivity contribution in [3.05, 3.63) is 29.8 Å². The van der Waals surface area contributed by atoms with Gasteiger partial charge in [0.05, 0.1) is 11.6 Å². The topological polar surface area (TPSA) is 36.3 Å². The Morgan fingerprint density at radius 3 is 2.88 bits per heavy atom. The van der Waals surface area contributed by atoms with E-state index in [0.29, 0.717) is 11.6 Å². The molecule has 1 aromatic carbocycles. The summed E-state index contributed by atoms with van der Waals surface area (Å²) < 4.78 is 5.06. The number of hydrogen-bond donors (Lipinski definition) is 0. The van der Waals surface area contributed by atoms with Gasteiger partial charge in [-0.15, -0.1) is 0 Å². The molecule has 1 atom stereocenters. The fraction of sp³-hybridized carbons (Fsp3) is 0.462. The van der Waals surface area contributed by atoms with Crippen molar-refractivity contribution in [3.8, 4) is 6.07 Å². The lowest BCUT2D eigenvalue weighted by Gasteiger charge is -2.27. The Morgan fingerprint density at radius 2 is 2.25 bits per heavy atom. The highest BCUT2D eigenvalue weighted by atomic mass is 16.5. The minimum atomic E-state index is 0.397. The molecule has 0 fully saturated rings. The fourth-order valence-electron chi connectivity index (χ4n) is 1.53. The number of nitrogens with zero attached hydrogens (tertiary/aromatic N) is 2. The molecule has 0 aliphatic heterocycles. The lowest BCUT2D eigenvalue weighted by molar-refractivity contribution is 0.189. The maximum absolute atomic E-state index is 8.84. The first kappa shape index (κ1) is 12.5. The second-order valence-corrected chi connectivity index (χ2v) is 3.90. The van der Waals surface area contributed by atoms with Crippen LogP contribution in [0.3, 0.4) is 0 Å². The zero-order valence-electron chi connectivity index (χ0n) is 10.1. The Bertz CT molecular complexity index is 370. The van der Waals surface area contributed by atoms with Crippen LogP contribution in [0.1, 0.15) is 18.9 Å². The molecule has 0 aromatic heterocycles. The van der Waals surface area contributed by atoms with Crippen molar-refractivity contribution in [2.75, 3.05) is 25.7 Å². The molecule has 0 heterocycles. The first-order valence-corrected chi connectivity index (χ1v) is 5.41. The molecule has 0 aliphatic rings. The van der Waals surface area contributed by atoms with Gasteiger partial charge in [0.2, 0.25) is 0 Å². The lowest BCUT2D eigenvalue weighted by atomic mass is 10.1. The summed E-state index contributed by atoms with van der Waals surface area (Å²) in [6.07, 6.45) is 0.976. The molecule has 16 heavy (non-hydrogen) atoms. The Labute approximate surface area is 97.3 Å². The molecule has 0 aliphatic carbocycles. The van der Waals surface area contributed by atoms with E-state index in [2.05, 4.69) is 17.9 Å². The maximum Gasteiger partial charge on any atom is 0.0992 e. The van der Waals surface area contributed by atoms with Crippen LogP contribution >= 0.6 is 0 Å². The fourth-order valence-corrected chi connectivity index (χ4v) is 1.53. The van der Waals surface area contributed by atoms with Crippen LogP contribution in [0.4, 0.5) is 5.69 Å². The zero-order chi connectivity index (χ0) is 12.0. The molecule has 3 heteroatoms. The van der Waals surface area contributed by atoms with Crippen molar-refractivity contribution in [1.29, 1.82) is 5.26 Å². The molecule has 0 radical (unpaired) electrons. The van der Waals surface area contributed by atoms with Gasteiger partial charge < -0.3 is 9.64 Å². The summed E-state index contributed by atoms with van der Waals surface area (Å²) >= 11 is 0. The summed E-state index contributed by atoms with van der Waals surface area (Å²) in [7, 11) is 3.75. The monoisotopic (exact) mass is 218 g/mol. The van der Waals surface area contributed by atoms with Crippen LogP contribution in [0.15, 0.2) is 24.3 Å². The van der Waals surface area contributed by atoms with Crippen LogP contribution in [-0.2, 0) is 4.74 Å². The average Bonchev–Trinajstić information content (AvgIpc) is 2.35. The number of rotatable bonds is 5. The third kappa shape index (κ3) is 3.25. The molecular formula is C13H18N2O. The molecule has 3 nitrogen and oxygen atoms in total. The van der Waals surface area contributed by atoms with E-state index in [-0.39, 0.29) is 0 Å². The summed E-state index contributed by atoms with van der Waals surface area (Å²) in [5, 5.41) is 8.84. The first-order valence-electron chi connectivity index (χ1n) is 5.41. The van der Waals surface area contributed by atoms with Gasteiger partial charge in [0.15, 0.2) is 0 Å². The van der Waals surface area contributed by atoms with Crippen molar-refractivity contribution in [2.45, 2.75) is 19.4 Å². The smallest absolute Gasteiger partial charge is 0.0992 e. The SMILES string of the molecule is COCCC(C)N(C)c1cccc(C#N)c1. The number of hydrogen-bond acceptors (Lipinski definition) is 3. The van der Waals surface area contributed by atoms with E-state index >= 15 is 0 Å². The van der Waals surface area contributed by atoms with Gasteiger partial charge in [0.1, 0.15) is 0 Å². The molecule has 0 N–H and O–H groups in total. The highest BCUT2D eigenvalue weighted by Crippen LogP contribution is 2.17. The standard InChI is InChI=1S/C13H18N2O/c1-11(7-8-16-3)15(2)13-6-4-5-12(9-13)10-14/h4-6,9,11H,7-8H2,1-3H3. The van der Waals surface area contributed by atoms with Crippen LogP contribution in [0.2, 0.25) is 0 Å². The van der Waals surface area contributed by atoms with Gasteiger partial charge in [-0.3, -0.25) is 0 Å². The van der Waals surface area contributed by atoms with E-state index in [1.54, 1.807) is 7.11 Å². The average molecular weight is 218 g/mol. The van der Waals surface area contributed by atoms with Gasteiger partial charge in [-0.2, -0.15) is 5.26 Å². The molecule has 0 amide bonds. The quantitative estimate of drug-likeness (QED) is 0.761. The van der Waals surface area contributed by atoms with Crippen molar-refractivity contribution in [1.82, 2.24) is 0 Å². The first-order chi connectivity index (χ1) is 7.69.